The van der Waals surface area contributed by atoms with E-state index in [0.29, 0.717) is 23.1 Å². The largest absolute Gasteiger partial charge is 0.376 e. The molecule has 0 aromatic heterocycles. The molecule has 4 heteroatoms. The van der Waals surface area contributed by atoms with Gasteiger partial charge in [-0.15, -0.1) is 0 Å². The number of para-hydroxylation sites is 1. The van der Waals surface area contributed by atoms with Crippen molar-refractivity contribution < 1.29 is 4.74 Å². The van der Waals surface area contributed by atoms with Crippen molar-refractivity contribution >= 4 is 23.0 Å². The second-order valence-corrected chi connectivity index (χ2v) is 7.00. The first-order valence-electron chi connectivity index (χ1n) is 8.28. The zero-order valence-electron chi connectivity index (χ0n) is 14.1. The second kappa shape index (κ2) is 7.93. The molecule has 2 N–H and O–H groups in total. The van der Waals surface area contributed by atoms with E-state index in [0.717, 1.165) is 31.7 Å². The highest BCUT2D eigenvalue weighted by molar-refractivity contribution is 7.80. The van der Waals surface area contributed by atoms with Crippen molar-refractivity contribution in [1.82, 2.24) is 5.32 Å². The third-order valence-corrected chi connectivity index (χ3v) is 4.37. The Morgan fingerprint density at radius 3 is 2.36 bits per heavy atom. The molecular formula is C18H28N2OS. The normalized spacial score (nSPS) is 18.0. The first-order valence-corrected chi connectivity index (χ1v) is 8.69. The minimum absolute atomic E-state index is 0.296. The monoisotopic (exact) mass is 320 g/mol. The SMILES string of the molecule is CC(C)c1cccc(C(C)C)c1NC(=S)NC[C@H]1CCCO1. The maximum atomic E-state index is 5.63. The number of nitrogens with one attached hydrogen (secondary N) is 2. The zero-order chi connectivity index (χ0) is 16.1. The molecule has 1 aliphatic rings. The van der Waals surface area contributed by atoms with Crippen LogP contribution in [0.5, 0.6) is 0 Å². The van der Waals surface area contributed by atoms with Crippen LogP contribution in [0, 0.1) is 0 Å². The van der Waals surface area contributed by atoms with Crippen molar-refractivity contribution in [2.75, 3.05) is 18.5 Å². The van der Waals surface area contributed by atoms with Gasteiger partial charge in [-0.2, -0.15) is 0 Å². The molecule has 122 valence electrons. The lowest BCUT2D eigenvalue weighted by molar-refractivity contribution is 0.114. The molecule has 0 aliphatic carbocycles. The van der Waals surface area contributed by atoms with Gasteiger partial charge in [0.15, 0.2) is 5.11 Å². The second-order valence-electron chi connectivity index (χ2n) is 6.59. The molecule has 1 atom stereocenters. The van der Waals surface area contributed by atoms with E-state index in [1.54, 1.807) is 0 Å². The van der Waals surface area contributed by atoms with Crippen LogP contribution in [-0.2, 0) is 4.74 Å². The molecule has 1 aliphatic heterocycles. The van der Waals surface area contributed by atoms with Crippen LogP contribution < -0.4 is 10.6 Å². The van der Waals surface area contributed by atoms with Gasteiger partial charge >= 0.3 is 0 Å². The van der Waals surface area contributed by atoms with Gasteiger partial charge in [-0.1, -0.05) is 45.9 Å². The highest BCUT2D eigenvalue weighted by Gasteiger charge is 2.17. The molecule has 1 heterocycles. The number of benzene rings is 1. The number of thiocarbonyl (C=S) groups is 1. The molecule has 0 saturated carbocycles. The van der Waals surface area contributed by atoms with Crippen LogP contribution >= 0.6 is 12.2 Å². The fourth-order valence-corrected chi connectivity index (χ4v) is 3.05. The van der Waals surface area contributed by atoms with E-state index >= 15 is 0 Å². The van der Waals surface area contributed by atoms with Crippen molar-refractivity contribution in [2.45, 2.75) is 58.5 Å². The van der Waals surface area contributed by atoms with Crippen molar-refractivity contribution in [3.63, 3.8) is 0 Å². The first kappa shape index (κ1) is 17.2. The highest BCUT2D eigenvalue weighted by atomic mass is 32.1. The van der Waals surface area contributed by atoms with E-state index in [1.807, 2.05) is 0 Å². The quantitative estimate of drug-likeness (QED) is 0.788. The van der Waals surface area contributed by atoms with E-state index in [1.165, 1.54) is 11.1 Å². The predicted molar refractivity (Wildman–Crippen MR) is 97.8 cm³/mol. The molecule has 22 heavy (non-hydrogen) atoms. The van der Waals surface area contributed by atoms with E-state index in [9.17, 15) is 0 Å². The van der Waals surface area contributed by atoms with Crippen molar-refractivity contribution in [3.05, 3.63) is 29.3 Å². The Morgan fingerprint density at radius 2 is 1.86 bits per heavy atom. The Balaban J connectivity index is 2.07. The summed E-state index contributed by atoms with van der Waals surface area (Å²) in [6, 6.07) is 6.50. The molecule has 0 unspecified atom stereocenters. The third-order valence-electron chi connectivity index (χ3n) is 4.13. The Labute approximate surface area is 139 Å². The third kappa shape index (κ3) is 4.43. The van der Waals surface area contributed by atoms with Crippen molar-refractivity contribution in [1.29, 1.82) is 0 Å². The number of hydrogen-bond donors (Lipinski definition) is 2. The maximum Gasteiger partial charge on any atom is 0.170 e. The molecule has 0 bridgehead atoms. The predicted octanol–water partition coefficient (Wildman–Crippen LogP) is 4.40. The van der Waals surface area contributed by atoms with Crippen LogP contribution in [0.25, 0.3) is 0 Å². The standard InChI is InChI=1S/C18H28N2OS/c1-12(2)15-8-5-9-16(13(3)4)17(15)20-18(22)19-11-14-7-6-10-21-14/h5,8-9,12-14H,6-7,10-11H2,1-4H3,(H2,19,20,22)/t14-/m1/s1. The van der Waals surface area contributed by atoms with Gasteiger partial charge in [0, 0.05) is 18.8 Å². The van der Waals surface area contributed by atoms with Crippen LogP contribution in [-0.4, -0.2) is 24.4 Å². The molecule has 1 aromatic rings. The molecule has 1 fully saturated rings. The van der Waals surface area contributed by atoms with Gasteiger partial charge < -0.3 is 15.4 Å². The summed E-state index contributed by atoms with van der Waals surface area (Å²) < 4.78 is 5.63. The number of hydrogen-bond acceptors (Lipinski definition) is 2. The minimum Gasteiger partial charge on any atom is -0.376 e. The van der Waals surface area contributed by atoms with Crippen LogP contribution in [0.4, 0.5) is 5.69 Å². The Kier molecular flexibility index (Phi) is 6.21. The Bertz CT molecular complexity index is 482. The number of anilines is 1. The topological polar surface area (TPSA) is 33.3 Å². The average molecular weight is 321 g/mol. The molecule has 1 aromatic carbocycles. The van der Waals surface area contributed by atoms with Crippen LogP contribution in [0.2, 0.25) is 0 Å². The highest BCUT2D eigenvalue weighted by Crippen LogP contribution is 2.32. The van der Waals surface area contributed by atoms with Crippen molar-refractivity contribution in [2.24, 2.45) is 0 Å². The molecule has 0 spiro atoms. The molecular weight excluding hydrogens is 292 g/mol. The minimum atomic E-state index is 0.296. The Hall–Kier alpha value is -1.13. The van der Waals surface area contributed by atoms with Gasteiger partial charge in [0.2, 0.25) is 0 Å². The summed E-state index contributed by atoms with van der Waals surface area (Å²) in [5.74, 6) is 0.921. The van der Waals surface area contributed by atoms with Gasteiger partial charge in [0.1, 0.15) is 0 Å². The van der Waals surface area contributed by atoms with Gasteiger partial charge in [-0.3, -0.25) is 0 Å². The molecule has 0 radical (unpaired) electrons. The van der Waals surface area contributed by atoms with E-state index in [4.69, 9.17) is 17.0 Å². The zero-order valence-corrected chi connectivity index (χ0v) is 14.9. The summed E-state index contributed by atoms with van der Waals surface area (Å²) in [4.78, 5) is 0. The van der Waals surface area contributed by atoms with Crippen LogP contribution in [0.1, 0.15) is 63.5 Å². The lowest BCUT2D eigenvalue weighted by Crippen LogP contribution is -2.35. The molecule has 3 nitrogen and oxygen atoms in total. The summed E-state index contributed by atoms with van der Waals surface area (Å²) >= 11 is 5.49. The number of rotatable bonds is 5. The van der Waals surface area contributed by atoms with Gasteiger partial charge in [0.25, 0.3) is 0 Å². The van der Waals surface area contributed by atoms with E-state index < -0.39 is 0 Å². The summed E-state index contributed by atoms with van der Waals surface area (Å²) in [6.07, 6.45) is 2.57. The van der Waals surface area contributed by atoms with Crippen LogP contribution in [0.3, 0.4) is 0 Å². The van der Waals surface area contributed by atoms with Gasteiger partial charge in [-0.25, -0.2) is 0 Å². The lowest BCUT2D eigenvalue weighted by Gasteiger charge is -2.22. The molecule has 0 amide bonds. The van der Waals surface area contributed by atoms with E-state index in [2.05, 4.69) is 56.5 Å². The van der Waals surface area contributed by atoms with Crippen LogP contribution in [0.15, 0.2) is 18.2 Å². The summed E-state index contributed by atoms with van der Waals surface area (Å²) in [7, 11) is 0. The van der Waals surface area contributed by atoms with Gasteiger partial charge in [-0.05, 0) is 48.0 Å². The smallest absolute Gasteiger partial charge is 0.170 e. The lowest BCUT2D eigenvalue weighted by atomic mass is 9.93. The molecule has 1 saturated heterocycles. The van der Waals surface area contributed by atoms with Crippen molar-refractivity contribution in [3.8, 4) is 0 Å². The Morgan fingerprint density at radius 1 is 1.23 bits per heavy atom. The number of ether oxygens (including phenoxy) is 1. The average Bonchev–Trinajstić information content (AvgIpc) is 2.98. The summed E-state index contributed by atoms with van der Waals surface area (Å²) in [5, 5.41) is 7.42. The fraction of sp³-hybridized carbons (Fsp3) is 0.611. The van der Waals surface area contributed by atoms with Gasteiger partial charge in [0.05, 0.1) is 6.10 Å². The first-order chi connectivity index (χ1) is 10.5. The summed E-state index contributed by atoms with van der Waals surface area (Å²) in [6.45, 7) is 10.5. The van der Waals surface area contributed by atoms with E-state index in [-0.39, 0.29) is 0 Å². The summed E-state index contributed by atoms with van der Waals surface area (Å²) in [5.41, 5.74) is 3.79. The fourth-order valence-electron chi connectivity index (χ4n) is 2.86. The molecule has 2 rings (SSSR count). The maximum absolute atomic E-state index is 5.63.